The molecule has 1 aliphatic heterocycles. The van der Waals surface area contributed by atoms with Gasteiger partial charge in [0.1, 0.15) is 11.5 Å². The van der Waals surface area contributed by atoms with E-state index in [0.29, 0.717) is 48.1 Å². The van der Waals surface area contributed by atoms with Crippen LogP contribution < -0.4 is 20.1 Å². The molecule has 2 heterocycles. The summed E-state index contributed by atoms with van der Waals surface area (Å²) >= 11 is 0. The average molecular weight is 648 g/mol. The van der Waals surface area contributed by atoms with Crippen molar-refractivity contribution >= 4 is 23.3 Å². The van der Waals surface area contributed by atoms with Gasteiger partial charge in [-0.3, -0.25) is 14.7 Å². The number of aromatic nitrogens is 1. The van der Waals surface area contributed by atoms with Crippen molar-refractivity contribution in [1.82, 2.24) is 14.8 Å². The minimum Gasteiger partial charge on any atom is -0.497 e. The van der Waals surface area contributed by atoms with Crippen molar-refractivity contribution in [1.29, 1.82) is 0 Å². The fourth-order valence-corrected chi connectivity index (χ4v) is 5.60. The maximum atomic E-state index is 14.4. The molecule has 0 saturated heterocycles. The molecule has 0 spiro atoms. The predicted octanol–water partition coefficient (Wildman–Crippen LogP) is 5.66. The van der Waals surface area contributed by atoms with E-state index < -0.39 is 12.1 Å². The van der Waals surface area contributed by atoms with Gasteiger partial charge in [0.25, 0.3) is 5.91 Å². The van der Waals surface area contributed by atoms with E-state index in [1.54, 1.807) is 66.9 Å². The number of methoxy groups -OCH3 is 1. The highest BCUT2D eigenvalue weighted by Gasteiger charge is 2.30. The van der Waals surface area contributed by atoms with Crippen molar-refractivity contribution in [2.75, 3.05) is 51.1 Å². The molecule has 0 bridgehead atoms. The summed E-state index contributed by atoms with van der Waals surface area (Å²) in [6, 6.07) is 15.2. The second-order valence-electron chi connectivity index (χ2n) is 12.4. The van der Waals surface area contributed by atoms with E-state index >= 15 is 0 Å². The number of anilines is 2. The fourth-order valence-electron chi connectivity index (χ4n) is 5.60. The molecule has 254 valence electrons. The van der Waals surface area contributed by atoms with Crippen LogP contribution in [0.4, 0.5) is 16.2 Å². The number of pyridine rings is 1. The first-order valence-corrected chi connectivity index (χ1v) is 16.3. The molecule has 1 aromatic heterocycles. The van der Waals surface area contributed by atoms with Crippen molar-refractivity contribution in [3.63, 3.8) is 0 Å². The minimum atomic E-state index is -0.465. The number of nitrogens with zero attached hydrogens (tertiary/aromatic N) is 3. The maximum absolute atomic E-state index is 14.4. The number of amides is 3. The summed E-state index contributed by atoms with van der Waals surface area (Å²) in [6.45, 7) is 8.08. The molecule has 4 atom stereocenters. The third-order valence-electron chi connectivity index (χ3n) is 8.35. The van der Waals surface area contributed by atoms with Gasteiger partial charge in [-0.05, 0) is 100 Å². The van der Waals surface area contributed by atoms with Gasteiger partial charge in [0.15, 0.2) is 0 Å². The largest absolute Gasteiger partial charge is 0.497 e. The number of aliphatic hydroxyl groups excluding tert-OH is 1. The first kappa shape index (κ1) is 35.7. The van der Waals surface area contributed by atoms with Crippen LogP contribution in [0.5, 0.6) is 11.5 Å². The van der Waals surface area contributed by atoms with Gasteiger partial charge in [0.05, 0.1) is 37.5 Å². The van der Waals surface area contributed by atoms with Crippen molar-refractivity contribution in [3.8, 4) is 11.5 Å². The number of aliphatic hydroxyl groups is 1. The second kappa shape index (κ2) is 17.7. The first-order valence-electron chi connectivity index (χ1n) is 16.3. The second-order valence-corrected chi connectivity index (χ2v) is 12.4. The predicted molar refractivity (Wildman–Crippen MR) is 183 cm³/mol. The minimum absolute atomic E-state index is 0.0457. The van der Waals surface area contributed by atoms with Gasteiger partial charge in [-0.1, -0.05) is 6.92 Å². The molecule has 1 aliphatic rings. The Morgan fingerprint density at radius 2 is 1.79 bits per heavy atom. The molecule has 47 heavy (non-hydrogen) atoms. The zero-order chi connectivity index (χ0) is 33.8. The Kier molecular flexibility index (Phi) is 13.4. The summed E-state index contributed by atoms with van der Waals surface area (Å²) in [5, 5.41) is 15.9. The molecular weight excluding hydrogens is 598 g/mol. The number of rotatable bonds is 9. The van der Waals surface area contributed by atoms with E-state index in [2.05, 4.69) is 34.5 Å². The number of urea groups is 1. The van der Waals surface area contributed by atoms with E-state index in [1.165, 1.54) is 0 Å². The smallest absolute Gasteiger partial charge is 0.323 e. The summed E-state index contributed by atoms with van der Waals surface area (Å²) in [4.78, 5) is 35.3. The Bertz CT molecular complexity index is 1420. The summed E-state index contributed by atoms with van der Waals surface area (Å²) in [7, 11) is 3.64. The van der Waals surface area contributed by atoms with Crippen LogP contribution in [0.25, 0.3) is 0 Å². The lowest BCUT2D eigenvalue weighted by Crippen LogP contribution is -2.47. The Balaban J connectivity index is 1.57. The molecular formula is C36H49N5O6. The standard InChI is InChI=1S/C36H49N5O6/c1-25-21-41(26(2)24-42)35(43)32-20-30(39-36(44)38-29-9-12-31(45-5)13-10-29)11-14-33(32)47-27(3)8-6-7-19-46-34(25)23-40(4)22-28-15-17-37-18-16-28/h9-18,20,25-27,34,42H,6-8,19,21-24H2,1-5H3,(H2,38,39,44)/t25-,26+,27-,34-/m1/s1. The van der Waals surface area contributed by atoms with Crippen LogP contribution in [0.2, 0.25) is 0 Å². The molecule has 11 heteroatoms. The molecule has 0 aliphatic carbocycles. The Hall–Kier alpha value is -4.19. The molecule has 4 rings (SSSR count). The summed E-state index contributed by atoms with van der Waals surface area (Å²) in [6.07, 6.45) is 5.89. The number of ether oxygens (including phenoxy) is 3. The van der Waals surface area contributed by atoms with Crippen LogP contribution in [0.1, 0.15) is 56.0 Å². The van der Waals surface area contributed by atoms with Crippen LogP contribution in [0.3, 0.4) is 0 Å². The Morgan fingerprint density at radius 1 is 1.09 bits per heavy atom. The molecule has 3 aromatic rings. The molecule has 2 aromatic carbocycles. The van der Waals surface area contributed by atoms with Crippen LogP contribution in [-0.2, 0) is 11.3 Å². The number of carbonyl (C=O) groups excluding carboxylic acids is 2. The van der Waals surface area contributed by atoms with Crippen molar-refractivity contribution < 1.29 is 28.9 Å². The van der Waals surface area contributed by atoms with Crippen LogP contribution in [-0.4, -0.2) is 90.5 Å². The third-order valence-corrected chi connectivity index (χ3v) is 8.35. The number of hydrogen-bond donors (Lipinski definition) is 3. The van der Waals surface area contributed by atoms with Gasteiger partial charge in [-0.2, -0.15) is 0 Å². The zero-order valence-electron chi connectivity index (χ0n) is 28.1. The van der Waals surface area contributed by atoms with E-state index in [4.69, 9.17) is 14.2 Å². The lowest BCUT2D eigenvalue weighted by Gasteiger charge is -2.36. The number of benzene rings is 2. The van der Waals surface area contributed by atoms with Gasteiger partial charge in [-0.15, -0.1) is 0 Å². The molecule has 0 unspecified atom stereocenters. The summed E-state index contributed by atoms with van der Waals surface area (Å²) in [5.41, 5.74) is 2.50. The molecule has 11 nitrogen and oxygen atoms in total. The summed E-state index contributed by atoms with van der Waals surface area (Å²) < 4.78 is 18.0. The Labute approximate surface area is 278 Å². The quantitative estimate of drug-likeness (QED) is 0.272. The number of likely N-dealkylation sites (N-methyl/N-ethyl adjacent to an activating group) is 1. The van der Waals surface area contributed by atoms with Crippen molar-refractivity contribution in [2.24, 2.45) is 5.92 Å². The first-order chi connectivity index (χ1) is 22.7. The average Bonchev–Trinajstić information content (AvgIpc) is 3.06. The fraction of sp³-hybridized carbons (Fsp3) is 0.472. The number of hydrogen-bond acceptors (Lipinski definition) is 8. The van der Waals surface area contributed by atoms with Gasteiger partial charge in [-0.25, -0.2) is 4.79 Å². The van der Waals surface area contributed by atoms with E-state index in [-0.39, 0.29) is 30.6 Å². The lowest BCUT2D eigenvalue weighted by atomic mass is 10.0. The molecule has 3 amide bonds. The molecule has 0 radical (unpaired) electrons. The van der Waals surface area contributed by atoms with Crippen molar-refractivity contribution in [3.05, 3.63) is 78.1 Å². The normalized spacial score (nSPS) is 20.0. The number of nitrogens with one attached hydrogen (secondary N) is 2. The SMILES string of the molecule is COc1ccc(NC(=O)Nc2ccc3c(c2)C(=O)N([C@@H](C)CO)C[C@@H](C)[C@@H](CN(C)Cc2ccncc2)OCCCC[C@@H](C)O3)cc1. The zero-order valence-corrected chi connectivity index (χ0v) is 28.1. The van der Waals surface area contributed by atoms with Gasteiger partial charge >= 0.3 is 6.03 Å². The lowest BCUT2D eigenvalue weighted by molar-refractivity contribution is -0.0177. The topological polar surface area (TPSA) is 125 Å². The van der Waals surface area contributed by atoms with Crippen LogP contribution >= 0.6 is 0 Å². The highest BCUT2D eigenvalue weighted by molar-refractivity contribution is 6.02. The third kappa shape index (κ3) is 10.7. The number of fused-ring (bicyclic) bond motifs is 1. The van der Waals surface area contributed by atoms with E-state index in [9.17, 15) is 14.7 Å². The van der Waals surface area contributed by atoms with E-state index in [0.717, 1.165) is 31.4 Å². The maximum Gasteiger partial charge on any atom is 0.323 e. The molecule has 3 N–H and O–H groups in total. The van der Waals surface area contributed by atoms with Crippen LogP contribution in [0, 0.1) is 5.92 Å². The van der Waals surface area contributed by atoms with Gasteiger partial charge < -0.3 is 34.9 Å². The highest BCUT2D eigenvalue weighted by atomic mass is 16.5. The summed E-state index contributed by atoms with van der Waals surface area (Å²) in [5.74, 6) is 0.783. The van der Waals surface area contributed by atoms with Crippen molar-refractivity contribution in [2.45, 2.75) is 64.8 Å². The van der Waals surface area contributed by atoms with Gasteiger partial charge in [0.2, 0.25) is 0 Å². The number of carbonyl (C=O) groups is 2. The van der Waals surface area contributed by atoms with Gasteiger partial charge in [0, 0.05) is 55.9 Å². The van der Waals surface area contributed by atoms with E-state index in [1.807, 2.05) is 26.0 Å². The van der Waals surface area contributed by atoms with Crippen LogP contribution in [0.15, 0.2) is 67.0 Å². The molecule has 0 fully saturated rings. The highest BCUT2D eigenvalue weighted by Crippen LogP contribution is 2.29. The monoisotopic (exact) mass is 647 g/mol. The Morgan fingerprint density at radius 3 is 2.49 bits per heavy atom. The molecule has 0 saturated carbocycles.